The zero-order valence-corrected chi connectivity index (χ0v) is 9.63. The molecule has 0 fully saturated rings. The number of alkyl halides is 2. The first-order valence-electron chi connectivity index (χ1n) is 4.52. The van der Waals surface area contributed by atoms with Crippen LogP contribution in [-0.2, 0) is 13.9 Å². The van der Waals surface area contributed by atoms with Crippen molar-refractivity contribution in [2.24, 2.45) is 5.92 Å². The SMILES string of the molecule is CC(C)CCC(F)(F)C(=O)CO[PH](=O)O. The van der Waals surface area contributed by atoms with E-state index in [4.69, 9.17) is 4.89 Å². The van der Waals surface area contributed by atoms with Crippen molar-refractivity contribution in [2.45, 2.75) is 32.6 Å². The van der Waals surface area contributed by atoms with Gasteiger partial charge in [-0.05, 0) is 12.3 Å². The molecule has 0 radical (unpaired) electrons. The number of halogens is 2. The van der Waals surface area contributed by atoms with Gasteiger partial charge in [-0.1, -0.05) is 13.8 Å². The topological polar surface area (TPSA) is 63.6 Å². The van der Waals surface area contributed by atoms with E-state index < -0.39 is 33.0 Å². The maximum absolute atomic E-state index is 13.0. The number of rotatable bonds is 7. The Labute approximate surface area is 87.6 Å². The van der Waals surface area contributed by atoms with E-state index in [0.29, 0.717) is 0 Å². The van der Waals surface area contributed by atoms with Gasteiger partial charge in [0, 0.05) is 6.42 Å². The Balaban J connectivity index is 4.07. The summed E-state index contributed by atoms with van der Waals surface area (Å²) in [4.78, 5) is 19.1. The molecule has 0 aromatic rings. The molecule has 0 aromatic heterocycles. The molecule has 0 aliphatic rings. The van der Waals surface area contributed by atoms with E-state index in [1.807, 2.05) is 0 Å². The average molecular weight is 244 g/mol. The first kappa shape index (κ1) is 14.7. The molecular weight excluding hydrogens is 229 g/mol. The molecule has 0 aliphatic carbocycles. The van der Waals surface area contributed by atoms with E-state index >= 15 is 0 Å². The Kier molecular flexibility index (Phi) is 6.17. The molecule has 0 aromatic carbocycles. The molecule has 0 amide bonds. The van der Waals surface area contributed by atoms with Gasteiger partial charge in [0.05, 0.1) is 0 Å². The highest BCUT2D eigenvalue weighted by Gasteiger charge is 2.37. The minimum Gasteiger partial charge on any atom is -0.326 e. The molecule has 0 saturated heterocycles. The summed E-state index contributed by atoms with van der Waals surface area (Å²) in [7, 11) is -3.32. The van der Waals surface area contributed by atoms with Crippen LogP contribution in [0.2, 0.25) is 0 Å². The van der Waals surface area contributed by atoms with Crippen LogP contribution in [0, 0.1) is 5.92 Å². The first-order chi connectivity index (χ1) is 6.75. The van der Waals surface area contributed by atoms with Gasteiger partial charge >= 0.3 is 14.2 Å². The van der Waals surface area contributed by atoms with Crippen molar-refractivity contribution in [3.63, 3.8) is 0 Å². The van der Waals surface area contributed by atoms with Crippen LogP contribution in [0.4, 0.5) is 8.78 Å². The lowest BCUT2D eigenvalue weighted by atomic mass is 10.0. The number of carbonyl (C=O) groups is 1. The molecule has 0 saturated carbocycles. The second-order valence-corrected chi connectivity index (χ2v) is 4.44. The molecule has 90 valence electrons. The second-order valence-electron chi connectivity index (χ2n) is 3.61. The standard InChI is InChI=1S/C8H15F2O4P/c1-6(2)3-4-8(9,10)7(11)5-14-15(12)13/h6,15H,3-5H2,1-2H3,(H,12,13). The van der Waals surface area contributed by atoms with Crippen LogP contribution in [0.1, 0.15) is 26.7 Å². The zero-order valence-electron chi connectivity index (χ0n) is 8.63. The highest BCUT2D eigenvalue weighted by atomic mass is 31.1. The Bertz CT molecular complexity index is 243. The van der Waals surface area contributed by atoms with E-state index in [2.05, 4.69) is 4.52 Å². The minimum absolute atomic E-state index is 0.0709. The predicted molar refractivity (Wildman–Crippen MR) is 51.2 cm³/mol. The van der Waals surface area contributed by atoms with Crippen LogP contribution >= 0.6 is 8.25 Å². The molecule has 1 unspecified atom stereocenters. The summed E-state index contributed by atoms with van der Waals surface area (Å²) in [5, 5.41) is 0. The third-order valence-electron chi connectivity index (χ3n) is 1.77. The van der Waals surface area contributed by atoms with Crippen LogP contribution in [0.15, 0.2) is 0 Å². The van der Waals surface area contributed by atoms with Gasteiger partial charge < -0.3 is 9.42 Å². The van der Waals surface area contributed by atoms with E-state index in [-0.39, 0.29) is 12.3 Å². The molecule has 0 spiro atoms. The maximum Gasteiger partial charge on any atom is 0.317 e. The lowest BCUT2D eigenvalue weighted by Gasteiger charge is -2.15. The Hall–Kier alpha value is -0.320. The molecule has 0 aliphatic heterocycles. The molecule has 0 rings (SSSR count). The van der Waals surface area contributed by atoms with Crippen molar-refractivity contribution >= 4 is 14.0 Å². The predicted octanol–water partition coefficient (Wildman–Crippen LogP) is 2.03. The maximum atomic E-state index is 13.0. The number of hydrogen-bond donors (Lipinski definition) is 1. The van der Waals surface area contributed by atoms with Crippen molar-refractivity contribution in [3.8, 4) is 0 Å². The highest BCUT2D eigenvalue weighted by molar-refractivity contribution is 7.32. The summed E-state index contributed by atoms with van der Waals surface area (Å²) in [6.45, 7) is 2.52. The van der Waals surface area contributed by atoms with Crippen molar-refractivity contribution in [1.29, 1.82) is 0 Å². The molecule has 0 bridgehead atoms. The summed E-state index contributed by atoms with van der Waals surface area (Å²) >= 11 is 0. The van der Waals surface area contributed by atoms with Crippen LogP contribution in [0.3, 0.4) is 0 Å². The summed E-state index contributed by atoms with van der Waals surface area (Å²) in [5.41, 5.74) is 0. The Morgan fingerprint density at radius 1 is 1.53 bits per heavy atom. The zero-order chi connectivity index (χ0) is 12.1. The number of carbonyl (C=O) groups excluding carboxylic acids is 1. The molecule has 7 heteroatoms. The van der Waals surface area contributed by atoms with Gasteiger partial charge in [0.25, 0.3) is 0 Å². The summed E-state index contributed by atoms with van der Waals surface area (Å²) in [6.07, 6.45) is -0.341. The molecule has 0 heterocycles. The van der Waals surface area contributed by atoms with E-state index in [9.17, 15) is 18.1 Å². The van der Waals surface area contributed by atoms with E-state index in [0.717, 1.165) is 0 Å². The Morgan fingerprint density at radius 3 is 2.47 bits per heavy atom. The first-order valence-corrected chi connectivity index (χ1v) is 5.79. The highest BCUT2D eigenvalue weighted by Crippen LogP contribution is 2.25. The summed E-state index contributed by atoms with van der Waals surface area (Å²) in [6, 6.07) is 0. The lowest BCUT2D eigenvalue weighted by Crippen LogP contribution is -2.31. The second kappa shape index (κ2) is 6.30. The van der Waals surface area contributed by atoms with Crippen molar-refractivity contribution in [2.75, 3.05) is 6.61 Å². The smallest absolute Gasteiger partial charge is 0.317 e. The third kappa shape index (κ3) is 6.71. The molecule has 1 N–H and O–H groups in total. The lowest BCUT2D eigenvalue weighted by molar-refractivity contribution is -0.146. The normalized spacial score (nSPS) is 14.3. The monoisotopic (exact) mass is 244 g/mol. The quantitative estimate of drug-likeness (QED) is 0.696. The van der Waals surface area contributed by atoms with Crippen molar-refractivity contribution < 1.29 is 27.6 Å². The number of Topliss-reactive ketones (excluding diaryl/α,β-unsaturated/α-hetero) is 1. The average Bonchev–Trinajstić information content (AvgIpc) is 2.11. The minimum atomic E-state index is -3.47. The largest absolute Gasteiger partial charge is 0.326 e. The summed E-state index contributed by atoms with van der Waals surface area (Å²) < 4.78 is 40.1. The molecular formula is C8H15F2O4P. The van der Waals surface area contributed by atoms with E-state index in [1.54, 1.807) is 13.8 Å². The van der Waals surface area contributed by atoms with Crippen molar-refractivity contribution in [3.05, 3.63) is 0 Å². The van der Waals surface area contributed by atoms with Gasteiger partial charge in [-0.25, -0.2) is 0 Å². The summed E-state index contributed by atoms with van der Waals surface area (Å²) in [5.74, 6) is -4.85. The molecule has 1 atom stereocenters. The van der Waals surface area contributed by atoms with Gasteiger partial charge in [0.1, 0.15) is 6.61 Å². The van der Waals surface area contributed by atoms with Crippen LogP contribution < -0.4 is 0 Å². The number of hydrogen-bond acceptors (Lipinski definition) is 3. The van der Waals surface area contributed by atoms with Gasteiger partial charge in [0.15, 0.2) is 0 Å². The molecule has 4 nitrogen and oxygen atoms in total. The van der Waals surface area contributed by atoms with Gasteiger partial charge in [-0.15, -0.1) is 0 Å². The Morgan fingerprint density at radius 2 is 2.07 bits per heavy atom. The molecule has 15 heavy (non-hydrogen) atoms. The number of ketones is 1. The van der Waals surface area contributed by atoms with Gasteiger partial charge in [-0.2, -0.15) is 8.78 Å². The van der Waals surface area contributed by atoms with Gasteiger partial charge in [-0.3, -0.25) is 9.36 Å². The van der Waals surface area contributed by atoms with Crippen LogP contribution in [0.25, 0.3) is 0 Å². The fourth-order valence-corrected chi connectivity index (χ4v) is 1.10. The van der Waals surface area contributed by atoms with E-state index in [1.165, 1.54) is 0 Å². The van der Waals surface area contributed by atoms with Gasteiger partial charge in [0.2, 0.25) is 5.78 Å². The third-order valence-corrected chi connectivity index (χ3v) is 2.16. The fourth-order valence-electron chi connectivity index (χ4n) is 0.842. The van der Waals surface area contributed by atoms with Crippen LogP contribution in [-0.4, -0.2) is 23.2 Å². The van der Waals surface area contributed by atoms with Crippen molar-refractivity contribution in [1.82, 2.24) is 0 Å². The fraction of sp³-hybridized carbons (Fsp3) is 0.875. The van der Waals surface area contributed by atoms with Crippen LogP contribution in [0.5, 0.6) is 0 Å².